The molecule has 0 bridgehead atoms. The second-order valence-electron chi connectivity index (χ2n) is 6.76. The second-order valence-corrected chi connectivity index (χ2v) is 6.76. The van der Waals surface area contributed by atoms with E-state index in [-0.39, 0.29) is 5.54 Å². The minimum Gasteiger partial charge on any atom is -0.320 e. The van der Waals surface area contributed by atoms with Crippen molar-refractivity contribution < 1.29 is 0 Å². The Morgan fingerprint density at radius 1 is 1.26 bits per heavy atom. The van der Waals surface area contributed by atoms with Crippen LogP contribution in [0.4, 0.5) is 0 Å². The van der Waals surface area contributed by atoms with Crippen molar-refractivity contribution in [3.8, 4) is 0 Å². The van der Waals surface area contributed by atoms with Crippen molar-refractivity contribution in [2.45, 2.75) is 51.1 Å². The summed E-state index contributed by atoms with van der Waals surface area (Å²) in [6.45, 7) is 7.04. The van der Waals surface area contributed by atoms with Crippen LogP contribution in [0.1, 0.15) is 44.2 Å². The van der Waals surface area contributed by atoms with Gasteiger partial charge in [0.15, 0.2) is 0 Å². The smallest absolute Gasteiger partial charge is 0.0575 e. The summed E-state index contributed by atoms with van der Waals surface area (Å²) in [6.07, 6.45) is 4.90. The number of hydrogen-bond donors (Lipinski definition) is 1. The van der Waals surface area contributed by atoms with E-state index in [1.807, 2.05) is 0 Å². The van der Waals surface area contributed by atoms with Crippen molar-refractivity contribution in [2.24, 2.45) is 11.7 Å². The Morgan fingerprint density at radius 2 is 1.95 bits per heavy atom. The standard InChI is InChI=1S/C17H26N2/c1-13(2)12-17(18)15-8-4-3-7-14(15)11-16(17)19-9-5-6-10-19/h3-4,7-8,13,16H,5-6,9-12,18H2,1-2H3. The minimum atomic E-state index is -0.144. The highest BCUT2D eigenvalue weighted by atomic mass is 15.2. The molecule has 1 aromatic rings. The molecule has 0 aromatic heterocycles. The molecule has 2 atom stereocenters. The van der Waals surface area contributed by atoms with Gasteiger partial charge in [-0.2, -0.15) is 0 Å². The van der Waals surface area contributed by atoms with Crippen molar-refractivity contribution >= 4 is 0 Å². The van der Waals surface area contributed by atoms with Gasteiger partial charge in [0, 0.05) is 6.04 Å². The average Bonchev–Trinajstić information content (AvgIpc) is 2.96. The summed E-state index contributed by atoms with van der Waals surface area (Å²) in [5.41, 5.74) is 9.69. The van der Waals surface area contributed by atoms with Crippen LogP contribution >= 0.6 is 0 Å². The molecule has 2 aliphatic rings. The lowest BCUT2D eigenvalue weighted by atomic mass is 9.81. The van der Waals surface area contributed by atoms with Crippen LogP contribution in [0.2, 0.25) is 0 Å². The van der Waals surface area contributed by atoms with E-state index in [1.54, 1.807) is 0 Å². The molecule has 1 aliphatic heterocycles. The van der Waals surface area contributed by atoms with Gasteiger partial charge in [0.2, 0.25) is 0 Å². The first kappa shape index (κ1) is 13.1. The number of likely N-dealkylation sites (tertiary alicyclic amines) is 1. The molecule has 1 saturated heterocycles. The molecule has 0 radical (unpaired) electrons. The van der Waals surface area contributed by atoms with Crippen LogP contribution < -0.4 is 5.73 Å². The highest BCUT2D eigenvalue weighted by Gasteiger charge is 2.46. The van der Waals surface area contributed by atoms with Gasteiger partial charge in [-0.25, -0.2) is 0 Å². The van der Waals surface area contributed by atoms with E-state index in [2.05, 4.69) is 43.0 Å². The minimum absolute atomic E-state index is 0.144. The lowest BCUT2D eigenvalue weighted by molar-refractivity contribution is 0.142. The Balaban J connectivity index is 1.97. The van der Waals surface area contributed by atoms with Gasteiger partial charge in [0.1, 0.15) is 0 Å². The Bertz CT molecular complexity index is 448. The van der Waals surface area contributed by atoms with Crippen LogP contribution in [0.25, 0.3) is 0 Å². The number of rotatable bonds is 3. The van der Waals surface area contributed by atoms with Gasteiger partial charge in [-0.15, -0.1) is 0 Å². The van der Waals surface area contributed by atoms with Crippen molar-refractivity contribution in [3.05, 3.63) is 35.4 Å². The first-order valence-corrected chi connectivity index (χ1v) is 7.72. The summed E-state index contributed by atoms with van der Waals surface area (Å²) in [5.74, 6) is 0.640. The maximum Gasteiger partial charge on any atom is 0.0575 e. The molecule has 3 rings (SSSR count). The first-order chi connectivity index (χ1) is 9.11. The molecule has 1 aliphatic carbocycles. The molecular weight excluding hydrogens is 232 g/mol. The molecule has 1 heterocycles. The van der Waals surface area contributed by atoms with Crippen LogP contribution in [-0.4, -0.2) is 24.0 Å². The highest BCUT2D eigenvalue weighted by Crippen LogP contribution is 2.42. The molecule has 0 spiro atoms. The van der Waals surface area contributed by atoms with E-state index in [1.165, 1.54) is 37.1 Å². The maximum atomic E-state index is 6.95. The van der Waals surface area contributed by atoms with Crippen LogP contribution in [0, 0.1) is 5.92 Å². The lowest BCUT2D eigenvalue weighted by Gasteiger charge is -2.39. The quantitative estimate of drug-likeness (QED) is 0.903. The van der Waals surface area contributed by atoms with E-state index in [4.69, 9.17) is 5.73 Å². The van der Waals surface area contributed by atoms with E-state index in [0.29, 0.717) is 12.0 Å². The largest absolute Gasteiger partial charge is 0.320 e. The molecule has 0 saturated carbocycles. The topological polar surface area (TPSA) is 29.3 Å². The van der Waals surface area contributed by atoms with Gasteiger partial charge < -0.3 is 5.73 Å². The molecule has 2 unspecified atom stereocenters. The molecular formula is C17H26N2. The molecule has 19 heavy (non-hydrogen) atoms. The van der Waals surface area contributed by atoms with Crippen molar-refractivity contribution in [2.75, 3.05) is 13.1 Å². The summed E-state index contributed by atoms with van der Waals surface area (Å²) in [4.78, 5) is 2.64. The lowest BCUT2D eigenvalue weighted by Crippen LogP contribution is -2.53. The van der Waals surface area contributed by atoms with Gasteiger partial charge in [0.25, 0.3) is 0 Å². The number of nitrogens with zero attached hydrogens (tertiary/aromatic N) is 1. The number of fused-ring (bicyclic) bond motifs is 1. The van der Waals surface area contributed by atoms with E-state index >= 15 is 0 Å². The molecule has 1 fully saturated rings. The Hall–Kier alpha value is -0.860. The molecule has 2 heteroatoms. The Morgan fingerprint density at radius 3 is 2.63 bits per heavy atom. The van der Waals surface area contributed by atoms with Gasteiger partial charge in [-0.05, 0) is 55.8 Å². The molecule has 2 N–H and O–H groups in total. The Kier molecular flexibility index (Phi) is 3.40. The normalized spacial score (nSPS) is 31.1. The predicted molar refractivity (Wildman–Crippen MR) is 80.1 cm³/mol. The van der Waals surface area contributed by atoms with Gasteiger partial charge in [0.05, 0.1) is 5.54 Å². The van der Waals surface area contributed by atoms with Gasteiger partial charge in [-0.3, -0.25) is 4.90 Å². The van der Waals surface area contributed by atoms with Crippen molar-refractivity contribution in [1.29, 1.82) is 0 Å². The average molecular weight is 258 g/mol. The summed E-state index contributed by atoms with van der Waals surface area (Å²) in [6, 6.07) is 9.34. The van der Waals surface area contributed by atoms with E-state index < -0.39 is 0 Å². The fourth-order valence-electron chi connectivity index (χ4n) is 4.15. The first-order valence-electron chi connectivity index (χ1n) is 7.72. The monoisotopic (exact) mass is 258 g/mol. The van der Waals surface area contributed by atoms with Crippen LogP contribution in [0.15, 0.2) is 24.3 Å². The third kappa shape index (κ3) is 2.21. The molecule has 0 amide bonds. The highest BCUT2D eigenvalue weighted by molar-refractivity contribution is 5.41. The fraction of sp³-hybridized carbons (Fsp3) is 0.647. The zero-order valence-corrected chi connectivity index (χ0v) is 12.2. The molecule has 104 valence electrons. The second kappa shape index (κ2) is 4.92. The van der Waals surface area contributed by atoms with Crippen LogP contribution in [0.5, 0.6) is 0 Å². The summed E-state index contributed by atoms with van der Waals surface area (Å²) in [5, 5.41) is 0. The number of nitrogens with two attached hydrogens (primary N) is 1. The predicted octanol–water partition coefficient (Wildman–Crippen LogP) is 2.91. The fourth-order valence-corrected chi connectivity index (χ4v) is 4.15. The van der Waals surface area contributed by atoms with Crippen molar-refractivity contribution in [1.82, 2.24) is 4.90 Å². The van der Waals surface area contributed by atoms with Gasteiger partial charge in [-0.1, -0.05) is 38.1 Å². The van der Waals surface area contributed by atoms with Gasteiger partial charge >= 0.3 is 0 Å². The molecule has 1 aromatic carbocycles. The number of benzene rings is 1. The SMILES string of the molecule is CC(C)CC1(N)c2ccccc2CC1N1CCCC1. The zero-order chi connectivity index (χ0) is 13.5. The van der Waals surface area contributed by atoms with E-state index in [0.717, 1.165) is 12.8 Å². The third-order valence-electron chi connectivity index (χ3n) is 4.85. The summed E-state index contributed by atoms with van der Waals surface area (Å²) in [7, 11) is 0. The summed E-state index contributed by atoms with van der Waals surface area (Å²) >= 11 is 0. The van der Waals surface area contributed by atoms with E-state index in [9.17, 15) is 0 Å². The Labute approximate surface area is 117 Å². The van der Waals surface area contributed by atoms with Crippen molar-refractivity contribution in [3.63, 3.8) is 0 Å². The maximum absolute atomic E-state index is 6.95. The molecule has 2 nitrogen and oxygen atoms in total. The zero-order valence-electron chi connectivity index (χ0n) is 12.2. The third-order valence-corrected chi connectivity index (χ3v) is 4.85. The van der Waals surface area contributed by atoms with Crippen LogP contribution in [0.3, 0.4) is 0 Å². The number of hydrogen-bond acceptors (Lipinski definition) is 2. The summed E-state index contributed by atoms with van der Waals surface area (Å²) < 4.78 is 0. The van der Waals surface area contributed by atoms with Crippen LogP contribution in [-0.2, 0) is 12.0 Å².